The Labute approximate surface area is 124 Å². The molecule has 1 aromatic heterocycles. The van der Waals surface area contributed by atoms with Crippen LogP contribution in [0.1, 0.15) is 31.2 Å². The summed E-state index contributed by atoms with van der Waals surface area (Å²) >= 11 is 5.81. The molecule has 0 unspecified atom stereocenters. The number of urea groups is 1. The van der Waals surface area contributed by atoms with E-state index in [2.05, 4.69) is 10.3 Å². The van der Waals surface area contributed by atoms with Crippen LogP contribution in [0.2, 0.25) is 5.15 Å². The van der Waals surface area contributed by atoms with Crippen molar-refractivity contribution in [1.29, 1.82) is 0 Å². The van der Waals surface area contributed by atoms with Gasteiger partial charge in [-0.1, -0.05) is 37.3 Å². The molecule has 5 heteroatoms. The molecule has 1 saturated carbocycles. The first kappa shape index (κ1) is 13.7. The van der Waals surface area contributed by atoms with Crippen molar-refractivity contribution in [2.75, 3.05) is 18.4 Å². The summed E-state index contributed by atoms with van der Waals surface area (Å²) in [6.07, 6.45) is 7.04. The van der Waals surface area contributed by atoms with Gasteiger partial charge in [0.25, 0.3) is 0 Å². The monoisotopic (exact) mass is 293 g/mol. The van der Waals surface area contributed by atoms with Crippen molar-refractivity contribution in [3.8, 4) is 0 Å². The molecule has 0 aromatic carbocycles. The molecule has 2 fully saturated rings. The molecular formula is C15H20ClN3O. The highest BCUT2D eigenvalue weighted by molar-refractivity contribution is 6.29. The normalized spacial score (nSPS) is 20.0. The Kier molecular flexibility index (Phi) is 3.83. The third-order valence-corrected chi connectivity index (χ3v) is 4.79. The van der Waals surface area contributed by atoms with Crippen LogP contribution in [0.5, 0.6) is 0 Å². The lowest BCUT2D eigenvalue weighted by Crippen LogP contribution is -2.53. The number of aryl methyl sites for hydroxylation is 1. The van der Waals surface area contributed by atoms with Gasteiger partial charge in [0.05, 0.1) is 11.9 Å². The topological polar surface area (TPSA) is 45.2 Å². The van der Waals surface area contributed by atoms with E-state index in [-0.39, 0.29) is 6.03 Å². The summed E-state index contributed by atoms with van der Waals surface area (Å²) in [7, 11) is 0. The van der Waals surface area contributed by atoms with E-state index in [4.69, 9.17) is 11.6 Å². The fraction of sp³-hybridized carbons (Fsp3) is 0.600. The number of nitrogens with zero attached hydrogens (tertiary/aromatic N) is 2. The molecule has 2 aliphatic rings. The number of aromatic nitrogens is 1. The van der Waals surface area contributed by atoms with Crippen LogP contribution >= 0.6 is 11.6 Å². The molecule has 2 amide bonds. The van der Waals surface area contributed by atoms with Crippen molar-refractivity contribution < 1.29 is 4.79 Å². The van der Waals surface area contributed by atoms with Gasteiger partial charge < -0.3 is 10.2 Å². The maximum atomic E-state index is 12.1. The SMILES string of the molecule is Cc1cc(Cl)ncc1NC(=O)N1CC(C2CCCC2)C1. The molecule has 1 aliphatic carbocycles. The number of halogens is 1. The Morgan fingerprint density at radius 1 is 1.35 bits per heavy atom. The van der Waals surface area contributed by atoms with Gasteiger partial charge in [0.15, 0.2) is 0 Å². The highest BCUT2D eigenvalue weighted by atomic mass is 35.5. The van der Waals surface area contributed by atoms with Crippen LogP contribution in [0.25, 0.3) is 0 Å². The summed E-state index contributed by atoms with van der Waals surface area (Å²) in [5, 5.41) is 3.37. The minimum atomic E-state index is -0.0218. The van der Waals surface area contributed by atoms with Gasteiger partial charge in [0, 0.05) is 13.1 Å². The number of carbonyl (C=O) groups excluding carboxylic acids is 1. The third kappa shape index (κ3) is 2.75. The van der Waals surface area contributed by atoms with Gasteiger partial charge in [-0.25, -0.2) is 9.78 Å². The van der Waals surface area contributed by atoms with Gasteiger partial charge >= 0.3 is 6.03 Å². The Morgan fingerprint density at radius 2 is 2.05 bits per heavy atom. The fourth-order valence-corrected chi connectivity index (χ4v) is 3.46. The second kappa shape index (κ2) is 5.60. The predicted octanol–water partition coefficient (Wildman–Crippen LogP) is 3.70. The summed E-state index contributed by atoms with van der Waals surface area (Å²) in [5.74, 6) is 1.56. The number of pyridine rings is 1. The van der Waals surface area contributed by atoms with Crippen LogP contribution in [0.15, 0.2) is 12.3 Å². The van der Waals surface area contributed by atoms with E-state index in [1.807, 2.05) is 11.8 Å². The van der Waals surface area contributed by atoms with Crippen LogP contribution in [0.4, 0.5) is 10.5 Å². The number of likely N-dealkylation sites (tertiary alicyclic amines) is 1. The maximum absolute atomic E-state index is 12.1. The molecule has 20 heavy (non-hydrogen) atoms. The lowest BCUT2D eigenvalue weighted by Gasteiger charge is -2.42. The number of hydrogen-bond acceptors (Lipinski definition) is 2. The lowest BCUT2D eigenvalue weighted by molar-refractivity contribution is 0.0927. The van der Waals surface area contributed by atoms with Crippen LogP contribution in [0, 0.1) is 18.8 Å². The molecule has 1 aliphatic heterocycles. The fourth-order valence-electron chi connectivity index (χ4n) is 3.25. The minimum absolute atomic E-state index is 0.0218. The second-order valence-electron chi connectivity index (χ2n) is 5.96. The lowest BCUT2D eigenvalue weighted by atomic mass is 9.85. The summed E-state index contributed by atoms with van der Waals surface area (Å²) in [4.78, 5) is 18.0. The molecule has 0 bridgehead atoms. The standard InChI is InChI=1S/C15H20ClN3O/c1-10-6-14(16)17-7-13(10)18-15(20)19-8-12(9-19)11-4-2-3-5-11/h6-7,11-12H,2-5,8-9H2,1H3,(H,18,20). The number of rotatable bonds is 2. The average Bonchev–Trinajstić information content (AvgIpc) is 2.84. The van der Waals surface area contributed by atoms with Gasteiger partial charge in [-0.3, -0.25) is 0 Å². The summed E-state index contributed by atoms with van der Waals surface area (Å²) in [6, 6.07) is 1.74. The van der Waals surface area contributed by atoms with E-state index < -0.39 is 0 Å². The molecule has 0 radical (unpaired) electrons. The second-order valence-corrected chi connectivity index (χ2v) is 6.35. The van der Waals surface area contributed by atoms with Crippen LogP contribution in [-0.4, -0.2) is 29.0 Å². The van der Waals surface area contributed by atoms with Gasteiger partial charge in [-0.2, -0.15) is 0 Å². The van der Waals surface area contributed by atoms with E-state index >= 15 is 0 Å². The molecule has 0 atom stereocenters. The number of nitrogens with one attached hydrogen (secondary N) is 1. The zero-order valence-electron chi connectivity index (χ0n) is 11.7. The molecule has 2 heterocycles. The average molecular weight is 294 g/mol. The quantitative estimate of drug-likeness (QED) is 0.845. The van der Waals surface area contributed by atoms with Gasteiger partial charge in [0.1, 0.15) is 5.15 Å². The van der Waals surface area contributed by atoms with Crippen molar-refractivity contribution in [2.24, 2.45) is 11.8 Å². The highest BCUT2D eigenvalue weighted by Gasteiger charge is 2.37. The smallest absolute Gasteiger partial charge is 0.321 e. The zero-order chi connectivity index (χ0) is 14.1. The van der Waals surface area contributed by atoms with Crippen molar-refractivity contribution >= 4 is 23.3 Å². The van der Waals surface area contributed by atoms with Crippen LogP contribution < -0.4 is 5.32 Å². The van der Waals surface area contributed by atoms with Gasteiger partial charge in [-0.15, -0.1) is 0 Å². The molecule has 108 valence electrons. The summed E-state index contributed by atoms with van der Waals surface area (Å²) in [6.45, 7) is 3.72. The van der Waals surface area contributed by atoms with E-state index in [1.165, 1.54) is 25.7 Å². The van der Waals surface area contributed by atoms with Crippen molar-refractivity contribution in [3.05, 3.63) is 23.0 Å². The molecular weight excluding hydrogens is 274 g/mol. The molecule has 0 spiro atoms. The van der Waals surface area contributed by atoms with Crippen molar-refractivity contribution in [1.82, 2.24) is 9.88 Å². The number of hydrogen-bond donors (Lipinski definition) is 1. The minimum Gasteiger partial charge on any atom is -0.324 e. The molecule has 1 N–H and O–H groups in total. The molecule has 1 aromatic rings. The molecule has 4 nitrogen and oxygen atoms in total. The Morgan fingerprint density at radius 3 is 2.70 bits per heavy atom. The van der Waals surface area contributed by atoms with Crippen LogP contribution in [0.3, 0.4) is 0 Å². The first-order valence-corrected chi connectivity index (χ1v) is 7.69. The van der Waals surface area contributed by atoms with E-state index in [9.17, 15) is 4.79 Å². The van der Waals surface area contributed by atoms with Crippen molar-refractivity contribution in [2.45, 2.75) is 32.6 Å². The number of anilines is 1. The molecule has 3 rings (SSSR count). The van der Waals surface area contributed by atoms with Crippen LogP contribution in [-0.2, 0) is 0 Å². The first-order chi connectivity index (χ1) is 9.63. The maximum Gasteiger partial charge on any atom is 0.321 e. The van der Waals surface area contributed by atoms with E-state index in [1.54, 1.807) is 12.3 Å². The Balaban J connectivity index is 1.53. The van der Waals surface area contributed by atoms with Gasteiger partial charge in [0.2, 0.25) is 0 Å². The van der Waals surface area contributed by atoms with E-state index in [0.29, 0.717) is 11.1 Å². The summed E-state index contributed by atoms with van der Waals surface area (Å²) < 4.78 is 0. The Bertz CT molecular complexity index is 508. The number of carbonyl (C=O) groups is 1. The highest BCUT2D eigenvalue weighted by Crippen LogP contribution is 2.36. The predicted molar refractivity (Wildman–Crippen MR) is 80.0 cm³/mol. The largest absolute Gasteiger partial charge is 0.324 e. The number of amides is 2. The van der Waals surface area contributed by atoms with Crippen molar-refractivity contribution in [3.63, 3.8) is 0 Å². The first-order valence-electron chi connectivity index (χ1n) is 7.31. The summed E-state index contributed by atoms with van der Waals surface area (Å²) in [5.41, 5.74) is 1.68. The molecule has 1 saturated heterocycles. The zero-order valence-corrected chi connectivity index (χ0v) is 12.5. The third-order valence-electron chi connectivity index (χ3n) is 4.58. The van der Waals surface area contributed by atoms with Gasteiger partial charge in [-0.05, 0) is 30.4 Å². The Hall–Kier alpha value is -1.29. The van der Waals surface area contributed by atoms with E-state index in [0.717, 1.165) is 30.3 Å².